The van der Waals surface area contributed by atoms with Gasteiger partial charge in [0.25, 0.3) is 0 Å². The molecule has 0 aliphatic rings. The first-order valence-electron chi connectivity index (χ1n) is 5.84. The molecule has 0 aliphatic carbocycles. The first-order valence-corrected chi connectivity index (χ1v) is 5.84. The molecule has 18 heavy (non-hydrogen) atoms. The van der Waals surface area contributed by atoms with Gasteiger partial charge in [-0.05, 0) is 36.8 Å². The maximum atomic E-state index is 13.0. The van der Waals surface area contributed by atoms with Crippen LogP contribution in [0.25, 0.3) is 0 Å². The number of pyridine rings is 1. The summed E-state index contributed by atoms with van der Waals surface area (Å²) in [4.78, 5) is 4.09. The largest absolute Gasteiger partial charge is 0.492 e. The third kappa shape index (κ3) is 3.45. The van der Waals surface area contributed by atoms with E-state index in [1.54, 1.807) is 18.5 Å². The minimum atomic E-state index is -0.249. The molecule has 1 aromatic carbocycles. The summed E-state index contributed by atoms with van der Waals surface area (Å²) in [5.74, 6) is 0.497. The Morgan fingerprint density at radius 3 is 2.94 bits per heavy atom. The lowest BCUT2D eigenvalue weighted by Crippen LogP contribution is -2.01. The van der Waals surface area contributed by atoms with E-state index in [1.807, 2.05) is 19.1 Å². The molecule has 0 saturated carbocycles. The fourth-order valence-corrected chi connectivity index (χ4v) is 1.61. The number of hydrogen-bond donors (Lipinski definition) is 1. The Balaban J connectivity index is 1.99. The van der Waals surface area contributed by atoms with Gasteiger partial charge < -0.3 is 10.1 Å². The van der Waals surface area contributed by atoms with Crippen LogP contribution in [0.5, 0.6) is 5.75 Å². The second-order valence-corrected chi connectivity index (χ2v) is 3.83. The first kappa shape index (κ1) is 12.4. The van der Waals surface area contributed by atoms with Crippen molar-refractivity contribution in [2.45, 2.75) is 13.5 Å². The lowest BCUT2D eigenvalue weighted by molar-refractivity contribution is 0.338. The highest BCUT2D eigenvalue weighted by molar-refractivity contribution is 5.43. The van der Waals surface area contributed by atoms with Crippen molar-refractivity contribution < 1.29 is 9.13 Å². The van der Waals surface area contributed by atoms with Crippen LogP contribution in [0.4, 0.5) is 10.1 Å². The number of hydrogen-bond acceptors (Lipinski definition) is 3. The quantitative estimate of drug-likeness (QED) is 0.879. The van der Waals surface area contributed by atoms with Gasteiger partial charge in [0.1, 0.15) is 11.6 Å². The van der Waals surface area contributed by atoms with Gasteiger partial charge in [-0.2, -0.15) is 0 Å². The molecule has 0 amide bonds. The summed E-state index contributed by atoms with van der Waals surface area (Å²) in [6, 6.07) is 8.29. The van der Waals surface area contributed by atoms with Crippen molar-refractivity contribution in [3.8, 4) is 5.75 Å². The molecule has 0 fully saturated rings. The average Bonchev–Trinajstić information content (AvgIpc) is 2.37. The minimum Gasteiger partial charge on any atom is -0.492 e. The summed E-state index contributed by atoms with van der Waals surface area (Å²) in [6.45, 7) is 3.12. The number of nitrogens with zero attached hydrogens (tertiary/aromatic N) is 1. The summed E-state index contributed by atoms with van der Waals surface area (Å²) >= 11 is 0. The second kappa shape index (κ2) is 6.00. The van der Waals surface area contributed by atoms with E-state index in [-0.39, 0.29) is 5.82 Å². The van der Waals surface area contributed by atoms with Gasteiger partial charge in [-0.25, -0.2) is 4.39 Å². The number of aromatic nitrogens is 1. The second-order valence-electron chi connectivity index (χ2n) is 3.83. The summed E-state index contributed by atoms with van der Waals surface area (Å²) in [7, 11) is 0. The van der Waals surface area contributed by atoms with Crippen molar-refractivity contribution in [3.63, 3.8) is 0 Å². The van der Waals surface area contributed by atoms with E-state index >= 15 is 0 Å². The van der Waals surface area contributed by atoms with Crippen LogP contribution in [-0.4, -0.2) is 11.6 Å². The Labute approximate surface area is 106 Å². The van der Waals surface area contributed by atoms with E-state index in [1.165, 1.54) is 12.1 Å². The van der Waals surface area contributed by atoms with E-state index < -0.39 is 0 Å². The lowest BCUT2D eigenvalue weighted by atomic mass is 10.2. The lowest BCUT2D eigenvalue weighted by Gasteiger charge is -2.08. The zero-order valence-electron chi connectivity index (χ0n) is 10.2. The summed E-state index contributed by atoms with van der Waals surface area (Å²) in [5, 5.41) is 3.14. The van der Waals surface area contributed by atoms with Crippen LogP contribution < -0.4 is 10.1 Å². The molecule has 0 aliphatic heterocycles. The normalized spacial score (nSPS) is 10.1. The molecule has 0 bridgehead atoms. The number of halogens is 1. The van der Waals surface area contributed by atoms with E-state index in [2.05, 4.69) is 10.3 Å². The smallest absolute Gasteiger partial charge is 0.137 e. The van der Waals surface area contributed by atoms with Crippen LogP contribution >= 0.6 is 0 Å². The molecule has 2 aromatic rings. The van der Waals surface area contributed by atoms with Gasteiger partial charge in [0.2, 0.25) is 0 Å². The number of benzene rings is 1. The molecule has 0 radical (unpaired) electrons. The predicted octanol–water partition coefficient (Wildman–Crippen LogP) is 3.23. The molecule has 1 heterocycles. The van der Waals surface area contributed by atoms with Crippen molar-refractivity contribution in [1.29, 1.82) is 0 Å². The Kier molecular flexibility index (Phi) is 4.12. The molecule has 0 unspecified atom stereocenters. The molecule has 3 nitrogen and oxygen atoms in total. The minimum absolute atomic E-state index is 0.249. The van der Waals surface area contributed by atoms with Crippen LogP contribution in [0.1, 0.15) is 12.5 Å². The monoisotopic (exact) mass is 246 g/mol. The number of rotatable bonds is 5. The molecule has 0 saturated heterocycles. The van der Waals surface area contributed by atoms with Gasteiger partial charge in [0.15, 0.2) is 0 Å². The molecule has 2 rings (SSSR count). The average molecular weight is 246 g/mol. The van der Waals surface area contributed by atoms with Gasteiger partial charge in [-0.1, -0.05) is 6.07 Å². The van der Waals surface area contributed by atoms with Gasteiger partial charge in [-0.15, -0.1) is 0 Å². The predicted molar refractivity (Wildman–Crippen MR) is 69.1 cm³/mol. The summed E-state index contributed by atoms with van der Waals surface area (Å²) in [6.07, 6.45) is 3.43. The van der Waals surface area contributed by atoms with E-state index in [0.29, 0.717) is 13.2 Å². The van der Waals surface area contributed by atoms with Crippen LogP contribution in [0, 0.1) is 5.82 Å². The molecular formula is C14H15FN2O. The van der Waals surface area contributed by atoms with Crippen molar-refractivity contribution >= 4 is 5.69 Å². The standard InChI is InChI=1S/C14H15FN2O/c1-2-18-14-6-11(8-16-10-14)9-17-13-5-3-4-12(15)7-13/h3-8,10,17H,2,9H2,1H3. The molecular weight excluding hydrogens is 231 g/mol. The Morgan fingerprint density at radius 2 is 2.17 bits per heavy atom. The zero-order chi connectivity index (χ0) is 12.8. The van der Waals surface area contributed by atoms with Gasteiger partial charge >= 0.3 is 0 Å². The van der Waals surface area contributed by atoms with Crippen molar-refractivity contribution in [2.75, 3.05) is 11.9 Å². The molecule has 0 atom stereocenters. The van der Waals surface area contributed by atoms with E-state index in [4.69, 9.17) is 4.74 Å². The third-order valence-corrected chi connectivity index (χ3v) is 2.40. The number of ether oxygens (including phenoxy) is 1. The van der Waals surface area contributed by atoms with Crippen LogP contribution in [-0.2, 0) is 6.54 Å². The Morgan fingerprint density at radius 1 is 1.28 bits per heavy atom. The topological polar surface area (TPSA) is 34.1 Å². The van der Waals surface area contributed by atoms with Crippen molar-refractivity contribution in [2.24, 2.45) is 0 Å². The van der Waals surface area contributed by atoms with Crippen molar-refractivity contribution in [1.82, 2.24) is 4.98 Å². The fraction of sp³-hybridized carbons (Fsp3) is 0.214. The van der Waals surface area contributed by atoms with E-state index in [0.717, 1.165) is 17.0 Å². The Hall–Kier alpha value is -2.10. The van der Waals surface area contributed by atoms with Gasteiger partial charge in [0, 0.05) is 18.4 Å². The van der Waals surface area contributed by atoms with Crippen LogP contribution in [0.3, 0.4) is 0 Å². The maximum Gasteiger partial charge on any atom is 0.137 e. The molecule has 4 heteroatoms. The molecule has 0 spiro atoms. The fourth-order valence-electron chi connectivity index (χ4n) is 1.61. The third-order valence-electron chi connectivity index (χ3n) is 2.40. The molecule has 1 aromatic heterocycles. The number of nitrogens with one attached hydrogen (secondary N) is 1. The molecule has 1 N–H and O–H groups in total. The number of anilines is 1. The SMILES string of the molecule is CCOc1cncc(CNc2cccc(F)c2)c1. The Bertz CT molecular complexity index is 517. The summed E-state index contributed by atoms with van der Waals surface area (Å²) < 4.78 is 18.4. The van der Waals surface area contributed by atoms with Crippen LogP contribution in [0.2, 0.25) is 0 Å². The van der Waals surface area contributed by atoms with Crippen molar-refractivity contribution in [3.05, 3.63) is 54.1 Å². The highest BCUT2D eigenvalue weighted by Crippen LogP contribution is 2.14. The van der Waals surface area contributed by atoms with Crippen LogP contribution in [0.15, 0.2) is 42.7 Å². The first-order chi connectivity index (χ1) is 8.78. The maximum absolute atomic E-state index is 13.0. The van der Waals surface area contributed by atoms with E-state index in [9.17, 15) is 4.39 Å². The highest BCUT2D eigenvalue weighted by Gasteiger charge is 1.99. The highest BCUT2D eigenvalue weighted by atomic mass is 19.1. The molecule has 94 valence electrons. The van der Waals surface area contributed by atoms with Gasteiger partial charge in [0.05, 0.1) is 12.8 Å². The zero-order valence-corrected chi connectivity index (χ0v) is 10.2. The summed E-state index contributed by atoms with van der Waals surface area (Å²) in [5.41, 5.74) is 1.74. The van der Waals surface area contributed by atoms with Gasteiger partial charge in [-0.3, -0.25) is 4.98 Å².